The van der Waals surface area contributed by atoms with E-state index in [1.807, 2.05) is 66.3 Å². The normalized spacial score (nSPS) is 14.8. The molecular formula is C29H31N7O3. The maximum atomic E-state index is 13.7. The summed E-state index contributed by atoms with van der Waals surface area (Å²) in [5.41, 5.74) is 2.12. The Labute approximate surface area is 225 Å². The minimum Gasteiger partial charge on any atom is -0.494 e. The number of hydrogen-bond acceptors (Lipinski definition) is 8. The molecule has 0 saturated heterocycles. The molecule has 1 N–H and O–H groups in total. The molecule has 1 atom stereocenters. The summed E-state index contributed by atoms with van der Waals surface area (Å²) >= 11 is 0. The highest BCUT2D eigenvalue weighted by Gasteiger charge is 2.34. The van der Waals surface area contributed by atoms with Gasteiger partial charge in [0.25, 0.3) is 5.56 Å². The van der Waals surface area contributed by atoms with Gasteiger partial charge in [0.2, 0.25) is 0 Å². The Balaban J connectivity index is 1.52. The van der Waals surface area contributed by atoms with Gasteiger partial charge in [0.05, 0.1) is 25.5 Å². The standard InChI is InChI=1S/C29H31N7O3/c1-2-38-23-11-12-26-21(15-23)16-25(29(37)31-26)27(28-32-33-34-36(28)22-8-3-4-9-22)35(19-24-10-6-14-39-24)18-20-7-5-13-30-17-20/h5-7,10-17,22,27H,2-4,8-9,18-19H2,1H3,(H,31,37)/t27-/m1/s1. The number of furan rings is 1. The largest absolute Gasteiger partial charge is 0.494 e. The molecule has 0 aliphatic heterocycles. The fraction of sp³-hybridized carbons (Fsp3) is 0.345. The molecule has 39 heavy (non-hydrogen) atoms. The number of hydrogen-bond donors (Lipinski definition) is 1. The maximum Gasteiger partial charge on any atom is 0.253 e. The number of benzene rings is 1. The SMILES string of the molecule is CCOc1ccc2[nH]c(=O)c([C@H](c3nnnn3C3CCCC3)N(Cc3cccnc3)Cc3ccco3)cc2c1. The Hall–Kier alpha value is -4.31. The van der Waals surface area contributed by atoms with Crippen LogP contribution in [-0.2, 0) is 13.1 Å². The van der Waals surface area contributed by atoms with E-state index in [0.29, 0.717) is 31.1 Å². The molecule has 4 aromatic heterocycles. The Morgan fingerprint density at radius 1 is 1.15 bits per heavy atom. The lowest BCUT2D eigenvalue weighted by atomic mass is 10.0. The first-order chi connectivity index (χ1) is 19.2. The predicted molar refractivity (Wildman–Crippen MR) is 145 cm³/mol. The van der Waals surface area contributed by atoms with Crippen molar-refractivity contribution in [2.24, 2.45) is 0 Å². The van der Waals surface area contributed by atoms with Crippen LogP contribution in [0.2, 0.25) is 0 Å². The molecule has 1 aliphatic rings. The van der Waals surface area contributed by atoms with Gasteiger partial charge in [0, 0.05) is 35.4 Å². The van der Waals surface area contributed by atoms with Crippen LogP contribution in [0.25, 0.3) is 10.9 Å². The highest BCUT2D eigenvalue weighted by atomic mass is 16.5. The van der Waals surface area contributed by atoms with E-state index in [1.54, 1.807) is 12.5 Å². The highest BCUT2D eigenvalue weighted by Crippen LogP contribution is 2.35. The van der Waals surface area contributed by atoms with Crippen molar-refractivity contribution in [2.75, 3.05) is 6.61 Å². The van der Waals surface area contributed by atoms with Gasteiger partial charge in [-0.2, -0.15) is 0 Å². The summed E-state index contributed by atoms with van der Waals surface area (Å²) in [6.07, 6.45) is 9.55. The molecular weight excluding hydrogens is 494 g/mol. The van der Waals surface area contributed by atoms with Crippen molar-refractivity contribution in [2.45, 2.75) is 57.8 Å². The molecule has 4 heterocycles. The number of nitrogens with one attached hydrogen (secondary N) is 1. The topological polar surface area (TPSA) is 115 Å². The second kappa shape index (κ2) is 11.2. The third kappa shape index (κ3) is 5.33. The predicted octanol–water partition coefficient (Wildman–Crippen LogP) is 4.81. The summed E-state index contributed by atoms with van der Waals surface area (Å²) in [5.74, 6) is 2.17. The van der Waals surface area contributed by atoms with Gasteiger partial charge in [-0.15, -0.1) is 5.10 Å². The van der Waals surface area contributed by atoms with Crippen LogP contribution in [0.1, 0.15) is 67.4 Å². The van der Waals surface area contributed by atoms with Crippen molar-refractivity contribution in [1.29, 1.82) is 0 Å². The van der Waals surface area contributed by atoms with Gasteiger partial charge in [-0.1, -0.05) is 18.9 Å². The fourth-order valence-electron chi connectivity index (χ4n) is 5.52. The molecule has 0 bridgehead atoms. The summed E-state index contributed by atoms with van der Waals surface area (Å²) in [6.45, 7) is 3.46. The van der Waals surface area contributed by atoms with E-state index < -0.39 is 6.04 Å². The van der Waals surface area contributed by atoms with Gasteiger partial charge < -0.3 is 14.1 Å². The van der Waals surface area contributed by atoms with Gasteiger partial charge in [-0.25, -0.2) is 4.68 Å². The molecule has 1 aliphatic carbocycles. The zero-order chi connectivity index (χ0) is 26.6. The van der Waals surface area contributed by atoms with Gasteiger partial charge in [0.15, 0.2) is 5.82 Å². The molecule has 1 fully saturated rings. The third-order valence-corrected chi connectivity index (χ3v) is 7.30. The van der Waals surface area contributed by atoms with Crippen molar-refractivity contribution < 1.29 is 9.15 Å². The van der Waals surface area contributed by atoms with Gasteiger partial charge >= 0.3 is 0 Å². The molecule has 0 radical (unpaired) electrons. The molecule has 0 spiro atoms. The van der Waals surface area contributed by atoms with E-state index in [-0.39, 0.29) is 11.6 Å². The number of rotatable bonds is 10. The highest BCUT2D eigenvalue weighted by molar-refractivity contribution is 5.80. The van der Waals surface area contributed by atoms with Crippen LogP contribution >= 0.6 is 0 Å². The summed E-state index contributed by atoms with van der Waals surface area (Å²) in [7, 11) is 0. The lowest BCUT2D eigenvalue weighted by Crippen LogP contribution is -2.35. The fourth-order valence-corrected chi connectivity index (χ4v) is 5.52. The van der Waals surface area contributed by atoms with Crippen LogP contribution in [0, 0.1) is 0 Å². The smallest absolute Gasteiger partial charge is 0.253 e. The number of tetrazole rings is 1. The first-order valence-corrected chi connectivity index (χ1v) is 13.4. The maximum absolute atomic E-state index is 13.7. The monoisotopic (exact) mass is 525 g/mol. The number of H-pyrrole nitrogens is 1. The Morgan fingerprint density at radius 2 is 2.05 bits per heavy atom. The molecule has 10 nitrogen and oxygen atoms in total. The van der Waals surface area contributed by atoms with Crippen molar-refractivity contribution >= 4 is 10.9 Å². The van der Waals surface area contributed by atoms with Crippen LogP contribution in [0.3, 0.4) is 0 Å². The van der Waals surface area contributed by atoms with Gasteiger partial charge in [-0.3, -0.25) is 14.7 Å². The lowest BCUT2D eigenvalue weighted by molar-refractivity contribution is 0.176. The molecule has 10 heteroatoms. The van der Waals surface area contributed by atoms with Crippen LogP contribution in [0.15, 0.2) is 76.4 Å². The third-order valence-electron chi connectivity index (χ3n) is 7.30. The molecule has 1 saturated carbocycles. The van der Waals surface area contributed by atoms with Gasteiger partial charge in [0.1, 0.15) is 17.6 Å². The van der Waals surface area contributed by atoms with E-state index in [2.05, 4.69) is 30.4 Å². The van der Waals surface area contributed by atoms with Crippen molar-refractivity contribution in [3.8, 4) is 5.75 Å². The second-order valence-electron chi connectivity index (χ2n) is 9.90. The zero-order valence-electron chi connectivity index (χ0n) is 21.9. The quantitative estimate of drug-likeness (QED) is 0.276. The molecule has 200 valence electrons. The Morgan fingerprint density at radius 3 is 2.82 bits per heavy atom. The number of pyridine rings is 2. The average molecular weight is 526 g/mol. The van der Waals surface area contributed by atoms with Crippen LogP contribution in [0.5, 0.6) is 5.75 Å². The molecule has 1 aromatic carbocycles. The molecule has 6 rings (SSSR count). The number of ether oxygens (including phenoxy) is 1. The van der Waals surface area contributed by atoms with Gasteiger partial charge in [-0.05, 0) is 78.2 Å². The van der Waals surface area contributed by atoms with Crippen molar-refractivity contribution in [3.05, 3.63) is 100 Å². The first kappa shape index (κ1) is 25.0. The van der Waals surface area contributed by atoms with Crippen LogP contribution in [0.4, 0.5) is 0 Å². The van der Waals surface area contributed by atoms with Crippen molar-refractivity contribution in [1.82, 2.24) is 35.1 Å². The lowest BCUT2D eigenvalue weighted by Gasteiger charge is -2.31. The Kier molecular flexibility index (Phi) is 7.18. The van der Waals surface area contributed by atoms with E-state index in [0.717, 1.165) is 53.7 Å². The minimum absolute atomic E-state index is 0.187. The summed E-state index contributed by atoms with van der Waals surface area (Å²) in [6, 6.07) is 15.0. The number of nitrogens with zero attached hydrogens (tertiary/aromatic N) is 6. The van der Waals surface area contributed by atoms with E-state index >= 15 is 0 Å². The van der Waals surface area contributed by atoms with Crippen LogP contribution in [-0.4, -0.2) is 41.7 Å². The van der Waals surface area contributed by atoms with E-state index in [9.17, 15) is 4.79 Å². The first-order valence-electron chi connectivity index (χ1n) is 13.4. The second-order valence-corrected chi connectivity index (χ2v) is 9.90. The molecule has 0 amide bonds. The molecule has 0 unspecified atom stereocenters. The van der Waals surface area contributed by atoms with E-state index in [1.165, 1.54) is 0 Å². The Bertz CT molecular complexity index is 1570. The minimum atomic E-state index is -0.546. The van der Waals surface area contributed by atoms with Crippen molar-refractivity contribution in [3.63, 3.8) is 0 Å². The number of fused-ring (bicyclic) bond motifs is 1. The van der Waals surface area contributed by atoms with Crippen LogP contribution < -0.4 is 10.3 Å². The summed E-state index contributed by atoms with van der Waals surface area (Å²) in [4.78, 5) is 23.3. The average Bonchev–Trinajstić information content (AvgIpc) is 3.73. The number of aromatic amines is 1. The molecule has 5 aromatic rings. The van der Waals surface area contributed by atoms with E-state index in [4.69, 9.17) is 9.15 Å². The summed E-state index contributed by atoms with van der Waals surface area (Å²) in [5, 5.41) is 13.9. The summed E-state index contributed by atoms with van der Waals surface area (Å²) < 4.78 is 13.4. The zero-order valence-corrected chi connectivity index (χ0v) is 21.9. The number of aromatic nitrogens is 6.